The summed E-state index contributed by atoms with van der Waals surface area (Å²) in [6, 6.07) is 7.01. The summed E-state index contributed by atoms with van der Waals surface area (Å²) in [4.78, 5) is 14.1. The second-order valence-electron chi connectivity index (χ2n) is 8.03. The number of nitrogens with zero attached hydrogens (tertiary/aromatic N) is 4. The molecule has 3 aromatic rings. The molecular weight excluding hydrogens is 469 g/mol. The van der Waals surface area contributed by atoms with Gasteiger partial charge in [0.25, 0.3) is 5.91 Å². The number of aliphatic hydroxyl groups excluding tert-OH is 3. The van der Waals surface area contributed by atoms with Gasteiger partial charge >= 0.3 is 0 Å². The number of aromatic nitrogens is 3. The van der Waals surface area contributed by atoms with Crippen molar-refractivity contribution in [2.45, 2.75) is 37.5 Å². The van der Waals surface area contributed by atoms with Crippen molar-refractivity contribution in [2.75, 3.05) is 13.2 Å². The van der Waals surface area contributed by atoms with E-state index in [9.17, 15) is 33.3 Å². The number of rotatable bonds is 6. The molecular formula is C23H23F3N4O5. The minimum atomic E-state index is -1.57. The van der Waals surface area contributed by atoms with Crippen LogP contribution in [0.4, 0.5) is 13.2 Å². The van der Waals surface area contributed by atoms with Crippen LogP contribution in [-0.4, -0.2) is 78.8 Å². The molecule has 0 radical (unpaired) electrons. The van der Waals surface area contributed by atoms with Crippen molar-refractivity contribution in [1.82, 2.24) is 19.9 Å². The molecule has 4 rings (SSSR count). The lowest BCUT2D eigenvalue weighted by Crippen LogP contribution is -2.62. The fourth-order valence-corrected chi connectivity index (χ4v) is 4.09. The van der Waals surface area contributed by atoms with Crippen molar-refractivity contribution in [1.29, 1.82) is 0 Å². The number of aliphatic hydroxyl groups is 3. The Kier molecular flexibility index (Phi) is 7.17. The standard InChI is InChI=1S/C23H23F3N4O5/c1-2-29(22(34)13-6-7-15(25)16(26)9-13)23-21(33)19(20(32)18(11-31)35-23)30-10-17(27-28-30)12-4-3-5-14(24)8-12/h3-10,18-21,23,31-33H,2,11H2,1H3/t18?,19-,20-,21?,23+/m0/s1. The molecule has 2 aromatic carbocycles. The van der Waals surface area contributed by atoms with Crippen molar-refractivity contribution in [3.63, 3.8) is 0 Å². The normalized spacial score (nSPS) is 24.4. The summed E-state index contributed by atoms with van der Waals surface area (Å²) < 4.78 is 47.5. The first-order valence-electron chi connectivity index (χ1n) is 10.8. The van der Waals surface area contributed by atoms with Crippen LogP contribution in [0.3, 0.4) is 0 Å². The van der Waals surface area contributed by atoms with Crippen molar-refractivity contribution < 1.29 is 38.0 Å². The van der Waals surface area contributed by atoms with Crippen LogP contribution in [0.2, 0.25) is 0 Å². The lowest BCUT2D eigenvalue weighted by Gasteiger charge is -2.45. The van der Waals surface area contributed by atoms with Crippen molar-refractivity contribution in [2.24, 2.45) is 0 Å². The summed E-state index contributed by atoms with van der Waals surface area (Å²) in [6.07, 6.45) is -4.24. The summed E-state index contributed by atoms with van der Waals surface area (Å²) in [5, 5.41) is 39.6. The van der Waals surface area contributed by atoms with E-state index in [0.717, 1.165) is 27.8 Å². The van der Waals surface area contributed by atoms with Crippen LogP contribution < -0.4 is 0 Å². The number of benzene rings is 2. The molecule has 5 atom stereocenters. The van der Waals surface area contributed by atoms with Gasteiger partial charge < -0.3 is 25.0 Å². The van der Waals surface area contributed by atoms with E-state index in [-0.39, 0.29) is 17.8 Å². The quantitative estimate of drug-likeness (QED) is 0.477. The zero-order valence-corrected chi connectivity index (χ0v) is 18.5. The molecule has 2 unspecified atom stereocenters. The average Bonchev–Trinajstić information content (AvgIpc) is 3.32. The first kappa shape index (κ1) is 24.8. The number of carbonyl (C=O) groups is 1. The summed E-state index contributed by atoms with van der Waals surface area (Å²) in [5.41, 5.74) is 0.489. The fourth-order valence-electron chi connectivity index (χ4n) is 4.09. The molecule has 0 bridgehead atoms. The van der Waals surface area contributed by atoms with Gasteiger partial charge in [-0.15, -0.1) is 5.10 Å². The highest BCUT2D eigenvalue weighted by Crippen LogP contribution is 2.33. The van der Waals surface area contributed by atoms with Crippen LogP contribution in [0.5, 0.6) is 0 Å². The number of likely N-dealkylation sites (N-methyl/N-ethyl adjacent to an activating group) is 1. The largest absolute Gasteiger partial charge is 0.394 e. The first-order chi connectivity index (χ1) is 16.7. The second-order valence-corrected chi connectivity index (χ2v) is 8.03. The Labute approximate surface area is 198 Å². The molecule has 3 N–H and O–H groups in total. The summed E-state index contributed by atoms with van der Waals surface area (Å²) in [5.74, 6) is -3.59. The number of halogens is 3. The number of carbonyl (C=O) groups excluding carboxylic acids is 1. The third-order valence-corrected chi connectivity index (χ3v) is 5.88. The number of hydrogen-bond donors (Lipinski definition) is 3. The molecule has 35 heavy (non-hydrogen) atoms. The van der Waals surface area contributed by atoms with Crippen molar-refractivity contribution in [3.05, 3.63) is 71.7 Å². The van der Waals surface area contributed by atoms with Gasteiger partial charge in [0.15, 0.2) is 17.9 Å². The minimum Gasteiger partial charge on any atom is -0.394 e. The lowest BCUT2D eigenvalue weighted by molar-refractivity contribution is -0.237. The maximum absolute atomic E-state index is 13.7. The Hall–Kier alpha value is -3.32. The van der Waals surface area contributed by atoms with Crippen LogP contribution in [0, 0.1) is 17.5 Å². The maximum Gasteiger partial charge on any atom is 0.256 e. The Bertz CT molecular complexity index is 1210. The predicted octanol–water partition coefficient (Wildman–Crippen LogP) is 1.50. The van der Waals surface area contributed by atoms with E-state index < -0.39 is 60.5 Å². The van der Waals surface area contributed by atoms with E-state index in [1.54, 1.807) is 13.0 Å². The monoisotopic (exact) mass is 492 g/mol. The molecule has 1 amide bonds. The molecule has 2 heterocycles. The van der Waals surface area contributed by atoms with E-state index >= 15 is 0 Å². The first-order valence-corrected chi connectivity index (χ1v) is 10.8. The molecule has 0 saturated carbocycles. The third kappa shape index (κ3) is 4.78. The molecule has 9 nitrogen and oxygen atoms in total. The highest BCUT2D eigenvalue weighted by molar-refractivity contribution is 5.94. The van der Waals surface area contributed by atoms with Gasteiger partial charge in [-0.1, -0.05) is 17.3 Å². The number of hydrogen-bond acceptors (Lipinski definition) is 7. The molecule has 1 saturated heterocycles. The van der Waals surface area contributed by atoms with E-state index in [1.807, 2.05) is 0 Å². The van der Waals surface area contributed by atoms with Gasteiger partial charge in [-0.25, -0.2) is 17.9 Å². The molecule has 186 valence electrons. The Balaban J connectivity index is 1.66. The predicted molar refractivity (Wildman–Crippen MR) is 115 cm³/mol. The topological polar surface area (TPSA) is 121 Å². The maximum atomic E-state index is 13.7. The molecule has 1 aromatic heterocycles. The van der Waals surface area contributed by atoms with E-state index in [1.165, 1.54) is 24.4 Å². The average molecular weight is 492 g/mol. The summed E-state index contributed by atoms with van der Waals surface area (Å²) in [6.45, 7) is 0.926. The van der Waals surface area contributed by atoms with Gasteiger partial charge in [-0.2, -0.15) is 0 Å². The molecule has 1 aliphatic rings. The zero-order chi connectivity index (χ0) is 25.3. The highest BCUT2D eigenvalue weighted by atomic mass is 19.2. The molecule has 1 fully saturated rings. The fraction of sp³-hybridized carbons (Fsp3) is 0.348. The highest BCUT2D eigenvalue weighted by Gasteiger charge is 2.49. The minimum absolute atomic E-state index is 0.00752. The van der Waals surface area contributed by atoms with E-state index in [0.29, 0.717) is 5.56 Å². The number of amides is 1. The molecule has 0 spiro atoms. The van der Waals surface area contributed by atoms with Crippen molar-refractivity contribution >= 4 is 5.91 Å². The third-order valence-electron chi connectivity index (χ3n) is 5.88. The van der Waals surface area contributed by atoms with E-state index in [4.69, 9.17) is 4.74 Å². The summed E-state index contributed by atoms with van der Waals surface area (Å²) >= 11 is 0. The van der Waals surface area contributed by atoms with Crippen LogP contribution in [0.25, 0.3) is 11.3 Å². The van der Waals surface area contributed by atoms with Crippen LogP contribution in [-0.2, 0) is 4.74 Å². The van der Waals surface area contributed by atoms with Crippen LogP contribution in [0.1, 0.15) is 23.3 Å². The van der Waals surface area contributed by atoms with Gasteiger partial charge in [-0.05, 0) is 37.3 Å². The smallest absolute Gasteiger partial charge is 0.256 e. The van der Waals surface area contributed by atoms with Gasteiger partial charge in [0.2, 0.25) is 0 Å². The Morgan fingerprint density at radius 1 is 1.11 bits per heavy atom. The Morgan fingerprint density at radius 2 is 1.89 bits per heavy atom. The van der Waals surface area contributed by atoms with Gasteiger partial charge in [0.05, 0.1) is 12.8 Å². The second kappa shape index (κ2) is 10.1. The van der Waals surface area contributed by atoms with Gasteiger partial charge in [0.1, 0.15) is 35.9 Å². The molecule has 1 aliphatic heterocycles. The van der Waals surface area contributed by atoms with Crippen molar-refractivity contribution in [3.8, 4) is 11.3 Å². The molecule has 12 heteroatoms. The lowest BCUT2D eigenvalue weighted by atomic mass is 9.94. The van der Waals surface area contributed by atoms with Gasteiger partial charge in [-0.3, -0.25) is 4.79 Å². The van der Waals surface area contributed by atoms with Crippen LogP contribution >= 0.6 is 0 Å². The van der Waals surface area contributed by atoms with Gasteiger partial charge in [0, 0.05) is 17.7 Å². The summed E-state index contributed by atoms with van der Waals surface area (Å²) in [7, 11) is 0. The van der Waals surface area contributed by atoms with E-state index in [2.05, 4.69) is 10.3 Å². The SMILES string of the molecule is CCN(C(=O)c1ccc(F)c(F)c1)[C@@H]1OC(CO)[C@H](O)[C@H](n2cc(-c3cccc(F)c3)nn2)C1O. The molecule has 0 aliphatic carbocycles. The number of ether oxygens (including phenoxy) is 1. The zero-order valence-electron chi connectivity index (χ0n) is 18.5. The Morgan fingerprint density at radius 3 is 2.54 bits per heavy atom. The van der Waals surface area contributed by atoms with Crippen LogP contribution in [0.15, 0.2) is 48.7 Å².